The normalized spacial score (nSPS) is 15.0. The van der Waals surface area contributed by atoms with E-state index >= 15 is 0 Å². The van der Waals surface area contributed by atoms with Crippen molar-refractivity contribution < 1.29 is 0 Å². The number of piperazine rings is 1. The van der Waals surface area contributed by atoms with Gasteiger partial charge in [-0.1, -0.05) is 35.9 Å². The predicted octanol–water partition coefficient (Wildman–Crippen LogP) is 4.59. The number of likely N-dealkylation sites (N-methyl/N-ethyl adjacent to an activating group) is 1. The van der Waals surface area contributed by atoms with E-state index in [4.69, 9.17) is 11.6 Å². The van der Waals surface area contributed by atoms with Gasteiger partial charge in [0.2, 0.25) is 5.95 Å². The lowest BCUT2D eigenvalue weighted by molar-refractivity contribution is 0.148. The zero-order valence-corrected chi connectivity index (χ0v) is 19.9. The summed E-state index contributed by atoms with van der Waals surface area (Å²) in [7, 11) is 4.06. The molecule has 1 saturated heterocycles. The molecule has 2 heterocycles. The fraction of sp³-hybridized carbons (Fsp3) is 0.304. The van der Waals surface area contributed by atoms with E-state index < -0.39 is 0 Å². The van der Waals surface area contributed by atoms with Crippen LogP contribution in [0.15, 0.2) is 59.6 Å². The maximum absolute atomic E-state index is 6.36. The van der Waals surface area contributed by atoms with Gasteiger partial charge in [-0.15, -0.1) is 0 Å². The molecule has 1 aliphatic rings. The molecule has 0 bridgehead atoms. The fourth-order valence-electron chi connectivity index (χ4n) is 3.50. The summed E-state index contributed by atoms with van der Waals surface area (Å²) >= 11 is 7.88. The van der Waals surface area contributed by atoms with E-state index in [1.165, 1.54) is 17.5 Å². The summed E-state index contributed by atoms with van der Waals surface area (Å²) in [5, 5.41) is 7.05. The smallest absolute Gasteiger partial charge is 0.229 e. The molecule has 168 valence electrons. The lowest BCUT2D eigenvalue weighted by Gasteiger charge is -2.32. The summed E-state index contributed by atoms with van der Waals surface area (Å²) in [6.45, 7) is 5.45. The van der Waals surface area contributed by atoms with Crippen LogP contribution in [0.3, 0.4) is 0 Å². The molecule has 4 rings (SSSR count). The van der Waals surface area contributed by atoms with Crippen molar-refractivity contribution in [1.29, 1.82) is 0 Å². The molecule has 1 aromatic heterocycles. The lowest BCUT2D eigenvalue weighted by Crippen LogP contribution is -2.43. The number of nitrogens with one attached hydrogen (secondary N) is 3. The molecule has 0 unspecified atom stereocenters. The van der Waals surface area contributed by atoms with Crippen molar-refractivity contribution in [2.24, 2.45) is 0 Å². The number of benzene rings is 2. The number of aromatic nitrogens is 2. The maximum atomic E-state index is 6.36. The van der Waals surface area contributed by atoms with Gasteiger partial charge in [0.05, 0.1) is 11.9 Å². The zero-order chi connectivity index (χ0) is 22.3. The minimum atomic E-state index is 0.460. The van der Waals surface area contributed by atoms with Crippen LogP contribution in [0.1, 0.15) is 5.56 Å². The summed E-state index contributed by atoms with van der Waals surface area (Å²) in [6, 6.07) is 16.4. The molecule has 0 radical (unpaired) electrons. The first-order valence-electron chi connectivity index (χ1n) is 10.6. The average Bonchev–Trinajstić information content (AvgIpc) is 2.80. The highest BCUT2D eigenvalue weighted by Gasteiger charge is 2.14. The summed E-state index contributed by atoms with van der Waals surface area (Å²) in [5.41, 5.74) is 3.16. The van der Waals surface area contributed by atoms with Gasteiger partial charge in [-0.3, -0.25) is 9.62 Å². The molecule has 1 fully saturated rings. The van der Waals surface area contributed by atoms with Crippen molar-refractivity contribution in [3.8, 4) is 0 Å². The summed E-state index contributed by atoms with van der Waals surface area (Å²) in [6.07, 6.45) is 1.61. The SMILES string of the molecule is CNSc1ccccc1Nc1nc(Nc2ccc(CN3CCN(C)CC3)cc2)ncc1Cl. The highest BCUT2D eigenvalue weighted by Crippen LogP contribution is 2.30. The Hall–Kier alpha value is -2.36. The van der Waals surface area contributed by atoms with Gasteiger partial charge in [-0.2, -0.15) is 4.98 Å². The molecule has 3 N–H and O–H groups in total. The second-order valence-corrected chi connectivity index (χ2v) is 9.18. The second kappa shape index (κ2) is 11.0. The predicted molar refractivity (Wildman–Crippen MR) is 134 cm³/mol. The van der Waals surface area contributed by atoms with Crippen LogP contribution in [0, 0.1) is 0 Å². The minimum absolute atomic E-state index is 0.460. The van der Waals surface area contributed by atoms with E-state index in [0.29, 0.717) is 16.8 Å². The van der Waals surface area contributed by atoms with Crippen LogP contribution in [0.5, 0.6) is 0 Å². The third kappa shape index (κ3) is 6.11. The quantitative estimate of drug-likeness (QED) is 0.414. The van der Waals surface area contributed by atoms with Gasteiger partial charge in [-0.05, 0) is 55.9 Å². The van der Waals surface area contributed by atoms with E-state index in [0.717, 1.165) is 49.0 Å². The van der Waals surface area contributed by atoms with Crippen LogP contribution in [0.25, 0.3) is 0 Å². The molecule has 9 heteroatoms. The Morgan fingerprint density at radius 1 is 1.00 bits per heavy atom. The maximum Gasteiger partial charge on any atom is 0.229 e. The van der Waals surface area contributed by atoms with Gasteiger partial charge in [0, 0.05) is 43.3 Å². The van der Waals surface area contributed by atoms with Gasteiger partial charge in [0.1, 0.15) is 5.02 Å². The average molecular weight is 470 g/mol. The molecule has 7 nitrogen and oxygen atoms in total. The largest absolute Gasteiger partial charge is 0.338 e. The Morgan fingerprint density at radius 2 is 1.75 bits per heavy atom. The van der Waals surface area contributed by atoms with Gasteiger partial charge < -0.3 is 15.5 Å². The van der Waals surface area contributed by atoms with Crippen molar-refractivity contribution in [2.75, 3.05) is 50.9 Å². The van der Waals surface area contributed by atoms with Crippen LogP contribution in [0.4, 0.5) is 23.1 Å². The van der Waals surface area contributed by atoms with Gasteiger partial charge in [0.25, 0.3) is 0 Å². The Balaban J connectivity index is 1.41. The molecular weight excluding hydrogens is 442 g/mol. The number of nitrogens with zero attached hydrogens (tertiary/aromatic N) is 4. The Morgan fingerprint density at radius 3 is 2.50 bits per heavy atom. The molecule has 32 heavy (non-hydrogen) atoms. The number of rotatable bonds is 8. The van der Waals surface area contributed by atoms with Crippen molar-refractivity contribution >= 4 is 46.7 Å². The zero-order valence-electron chi connectivity index (χ0n) is 18.3. The Kier molecular flexibility index (Phi) is 7.83. The molecule has 0 amide bonds. The summed E-state index contributed by atoms with van der Waals surface area (Å²) in [4.78, 5) is 14.8. The van der Waals surface area contributed by atoms with E-state index in [1.54, 1.807) is 6.20 Å². The second-order valence-electron chi connectivity index (χ2n) is 7.72. The van der Waals surface area contributed by atoms with E-state index in [9.17, 15) is 0 Å². The first kappa shape index (κ1) is 22.8. The Bertz CT molecular complexity index is 1020. The van der Waals surface area contributed by atoms with Crippen LogP contribution < -0.4 is 15.4 Å². The molecule has 1 aliphatic heterocycles. The molecule has 0 saturated carbocycles. The van der Waals surface area contributed by atoms with E-state index in [-0.39, 0.29) is 0 Å². The van der Waals surface area contributed by atoms with E-state index in [1.807, 2.05) is 31.3 Å². The third-order valence-electron chi connectivity index (χ3n) is 5.31. The van der Waals surface area contributed by atoms with Crippen LogP contribution in [0.2, 0.25) is 5.02 Å². The van der Waals surface area contributed by atoms with Gasteiger partial charge in [0.15, 0.2) is 5.82 Å². The summed E-state index contributed by atoms with van der Waals surface area (Å²) in [5.74, 6) is 1.04. The molecular formula is C23H28ClN7S. The highest BCUT2D eigenvalue weighted by molar-refractivity contribution is 7.97. The van der Waals surface area contributed by atoms with E-state index in [2.05, 4.69) is 66.4 Å². The van der Waals surface area contributed by atoms with Crippen molar-refractivity contribution in [1.82, 2.24) is 24.5 Å². The minimum Gasteiger partial charge on any atom is -0.338 e. The molecule has 0 spiro atoms. The molecule has 2 aromatic carbocycles. The molecule has 0 aliphatic carbocycles. The topological polar surface area (TPSA) is 68.4 Å². The number of hydrogen-bond donors (Lipinski definition) is 3. The van der Waals surface area contributed by atoms with Crippen molar-refractivity contribution in [3.05, 3.63) is 65.3 Å². The first-order valence-corrected chi connectivity index (χ1v) is 11.8. The third-order valence-corrected chi connectivity index (χ3v) is 6.37. The Labute approximate surface area is 198 Å². The van der Waals surface area contributed by atoms with Gasteiger partial charge in [-0.25, -0.2) is 4.98 Å². The van der Waals surface area contributed by atoms with Crippen molar-refractivity contribution in [2.45, 2.75) is 11.4 Å². The summed E-state index contributed by atoms with van der Waals surface area (Å²) < 4.78 is 3.09. The highest BCUT2D eigenvalue weighted by atomic mass is 35.5. The number of halogens is 1. The molecule has 0 atom stereocenters. The van der Waals surface area contributed by atoms with Crippen LogP contribution in [-0.2, 0) is 6.54 Å². The first-order chi connectivity index (χ1) is 15.6. The standard InChI is InChI=1S/C23H28ClN7S/c1-25-32-21-6-4-3-5-20(21)28-22-19(24)15-26-23(29-22)27-18-9-7-17(8-10-18)16-31-13-11-30(2)12-14-31/h3-10,15,25H,11-14,16H2,1-2H3,(H2,26,27,28,29). The number of para-hydroxylation sites is 1. The fourth-order valence-corrected chi connectivity index (χ4v) is 4.23. The number of anilines is 4. The number of hydrogen-bond acceptors (Lipinski definition) is 8. The lowest BCUT2D eigenvalue weighted by atomic mass is 10.2. The van der Waals surface area contributed by atoms with Gasteiger partial charge >= 0.3 is 0 Å². The monoisotopic (exact) mass is 469 g/mol. The van der Waals surface area contributed by atoms with Crippen molar-refractivity contribution in [3.63, 3.8) is 0 Å². The molecule has 3 aromatic rings. The van der Waals surface area contributed by atoms with Crippen LogP contribution >= 0.6 is 23.5 Å². The van der Waals surface area contributed by atoms with Crippen LogP contribution in [-0.4, -0.2) is 60.0 Å².